The van der Waals surface area contributed by atoms with E-state index in [0.717, 1.165) is 14.7 Å². The fourth-order valence-electron chi connectivity index (χ4n) is 11.9. The molecule has 26 heteroatoms. The number of imidazole rings is 1. The Morgan fingerprint density at radius 3 is 1.38 bits per heavy atom. The summed E-state index contributed by atoms with van der Waals surface area (Å²) in [5, 5.41) is 34.8. The van der Waals surface area contributed by atoms with E-state index in [2.05, 4.69) is 31.2 Å². The van der Waals surface area contributed by atoms with Crippen LogP contribution in [0.1, 0.15) is 156 Å². The first kappa shape index (κ1) is 81.0. The summed E-state index contributed by atoms with van der Waals surface area (Å²) in [4.78, 5) is 177. The SMILES string of the molecule is CC(C)C[C@@H]1C(=O)N[C@H](CC(C)C)C(=O)N(C)[C@H](C(C)C)C(=O)N(C)[C@H]([C@H](O)[C@H](C)Cc2nc3ccccc3[nH]2)C(=O)N[C@H]([C@@H](C)O)C(=O)N(C)CC(=O)N(C)[C@@H](CC(C)C)C(=O)N[C@H](CC(C)C)C(=O)N(C)[C@H](CC(C)C)C(=O)N[C@H](C)C(=O)O[C@@H](C(C)C)C(=O)N1C. The maximum absolute atomic E-state index is 15.4. The second-order valence-corrected chi connectivity index (χ2v) is 28.9. The number of aliphatic hydroxyl groups excluding tert-OH is 2. The number of ether oxygens (including phenoxy) is 1. The summed E-state index contributed by atoms with van der Waals surface area (Å²) in [5.74, 6) is -11.5. The Morgan fingerprint density at radius 2 is 0.936 bits per heavy atom. The minimum absolute atomic E-state index is 0.0568. The van der Waals surface area contributed by atoms with Gasteiger partial charge in [-0.2, -0.15) is 0 Å². The van der Waals surface area contributed by atoms with Crippen LogP contribution in [0.4, 0.5) is 0 Å². The summed E-state index contributed by atoms with van der Waals surface area (Å²) >= 11 is 0. The molecule has 1 aliphatic heterocycles. The van der Waals surface area contributed by atoms with E-state index in [4.69, 9.17) is 4.74 Å². The number of hydrogen-bond acceptors (Lipinski definition) is 15. The molecule has 0 aliphatic carbocycles. The minimum atomic E-state index is -1.82. The van der Waals surface area contributed by atoms with Crippen LogP contribution in [0.2, 0.25) is 0 Å². The van der Waals surface area contributed by atoms with Crippen LogP contribution in [0, 0.1) is 47.3 Å². The molecule has 13 atom stereocenters. The maximum atomic E-state index is 15.4. The van der Waals surface area contributed by atoms with E-state index in [1.54, 1.807) is 40.7 Å². The molecule has 1 fully saturated rings. The van der Waals surface area contributed by atoms with E-state index < -0.39 is 162 Å². The van der Waals surface area contributed by atoms with Gasteiger partial charge >= 0.3 is 5.97 Å². The number of aromatic nitrogens is 2. The lowest BCUT2D eigenvalue weighted by atomic mass is 9.91. The third-order valence-electron chi connectivity index (χ3n) is 17.3. The van der Waals surface area contributed by atoms with Crippen LogP contribution in [0.25, 0.3) is 11.0 Å². The molecule has 7 N–H and O–H groups in total. The summed E-state index contributed by atoms with van der Waals surface area (Å²) in [6.45, 7) is 28.6. The standard InChI is InChI=1S/C68H114N12O14/c1-35(2)28-47-63(88)77(20)50(31-38(7)8)59(84)69-43(16)68(93)94-58(41(13)14)67(92)78(21)51(32-39(9)10)61(86)73-48(29-36(3)4)64(89)79(22)55(40(11)12)66(91)80(23)56(57(83)42(15)33-52-70-45-26-24-25-27-46(45)71-52)62(87)74-54(44(17)81)65(90)75(18)34-53(82)76(19)49(30-37(5)6)60(85)72-47/h24-27,35-44,47-51,54-58,81,83H,28-34H2,1-23H3,(H,69,84)(H,70,71)(H,72,85)(H,73,86)(H,74,87)/t42-,43-,44-,47-,48-,49+,50-,51-,54-,55-,56-,57-,58+/m1/s1. The number of aliphatic hydroxyl groups is 2. The third-order valence-corrected chi connectivity index (χ3v) is 17.3. The molecule has 1 aromatic heterocycles. The minimum Gasteiger partial charge on any atom is -0.450 e. The van der Waals surface area contributed by atoms with Gasteiger partial charge in [-0.05, 0) is 105 Å². The molecule has 94 heavy (non-hydrogen) atoms. The van der Waals surface area contributed by atoms with Gasteiger partial charge in [-0.3, -0.25) is 47.9 Å². The zero-order chi connectivity index (χ0) is 71.8. The molecule has 0 bridgehead atoms. The number of likely N-dealkylation sites (N-methyl/N-ethyl adjacent to an activating group) is 6. The second kappa shape index (κ2) is 36.0. The van der Waals surface area contributed by atoms with E-state index >= 15 is 14.4 Å². The lowest BCUT2D eigenvalue weighted by Crippen LogP contribution is -2.64. The van der Waals surface area contributed by atoms with Crippen LogP contribution in [-0.4, -0.2) is 236 Å². The number of cyclic esters (lactones) is 1. The molecule has 10 amide bonds. The molecule has 1 aliphatic rings. The first-order valence-electron chi connectivity index (χ1n) is 33.3. The number of esters is 1. The number of para-hydroxylation sites is 2. The Labute approximate surface area is 557 Å². The Bertz CT molecular complexity index is 2890. The largest absolute Gasteiger partial charge is 0.450 e. The molecule has 26 nitrogen and oxygen atoms in total. The first-order valence-corrected chi connectivity index (χ1v) is 33.3. The average Bonchev–Trinajstić information content (AvgIpc) is 0.886. The van der Waals surface area contributed by atoms with Crippen LogP contribution in [-0.2, 0) is 63.9 Å². The number of nitrogens with zero attached hydrogens (tertiary/aromatic N) is 7. The maximum Gasteiger partial charge on any atom is 0.329 e. The third kappa shape index (κ3) is 22.2. The van der Waals surface area contributed by atoms with Crippen LogP contribution in [0.5, 0.6) is 0 Å². The van der Waals surface area contributed by atoms with Crippen molar-refractivity contribution in [2.45, 2.75) is 229 Å². The first-order chi connectivity index (χ1) is 43.5. The van der Waals surface area contributed by atoms with Crippen molar-refractivity contribution in [1.82, 2.24) is 60.6 Å². The van der Waals surface area contributed by atoms with Gasteiger partial charge in [0.2, 0.25) is 53.2 Å². The number of carbonyl (C=O) groups excluding carboxylic acids is 11. The van der Waals surface area contributed by atoms with Crippen LogP contribution in [0.15, 0.2) is 24.3 Å². The van der Waals surface area contributed by atoms with Crippen LogP contribution < -0.4 is 21.3 Å². The Kier molecular flexibility index (Phi) is 31.1. The number of fused-ring (bicyclic) bond motifs is 1. The smallest absolute Gasteiger partial charge is 0.329 e. The molecule has 0 spiro atoms. The van der Waals surface area contributed by atoms with Gasteiger partial charge in [0.25, 0.3) is 5.91 Å². The monoisotopic (exact) mass is 1320 g/mol. The zero-order valence-corrected chi connectivity index (χ0v) is 60.2. The highest BCUT2D eigenvalue weighted by Gasteiger charge is 2.46. The number of nitrogens with one attached hydrogen (secondary N) is 5. The highest BCUT2D eigenvalue weighted by Crippen LogP contribution is 2.26. The molecule has 2 aromatic rings. The molecule has 530 valence electrons. The predicted molar refractivity (Wildman–Crippen MR) is 357 cm³/mol. The normalized spacial score (nSPS) is 25.7. The van der Waals surface area contributed by atoms with Gasteiger partial charge in [-0.25, -0.2) is 9.78 Å². The summed E-state index contributed by atoms with van der Waals surface area (Å²) < 4.78 is 5.91. The van der Waals surface area contributed by atoms with E-state index in [9.17, 15) is 48.6 Å². The number of hydrogen-bond donors (Lipinski definition) is 7. The molecular weight excluding hydrogens is 1210 g/mol. The van der Waals surface area contributed by atoms with Crippen molar-refractivity contribution in [1.29, 1.82) is 0 Å². The molecule has 0 saturated carbocycles. The summed E-state index contributed by atoms with van der Waals surface area (Å²) in [6.07, 6.45) is -4.30. The fourth-order valence-corrected chi connectivity index (χ4v) is 11.9. The van der Waals surface area contributed by atoms with Crippen molar-refractivity contribution >= 4 is 76.1 Å². The van der Waals surface area contributed by atoms with Crippen molar-refractivity contribution in [2.24, 2.45) is 47.3 Å². The van der Waals surface area contributed by atoms with E-state index in [1.807, 2.05) is 87.4 Å². The molecule has 0 radical (unpaired) electrons. The fraction of sp³-hybridized carbons (Fsp3) is 0.735. The van der Waals surface area contributed by atoms with Gasteiger partial charge in [0.05, 0.1) is 29.8 Å². The average molecular weight is 1320 g/mol. The van der Waals surface area contributed by atoms with Gasteiger partial charge in [0, 0.05) is 48.7 Å². The number of H-pyrrole nitrogens is 1. The lowest BCUT2D eigenvalue weighted by Gasteiger charge is -2.40. The van der Waals surface area contributed by atoms with Crippen LogP contribution in [0.3, 0.4) is 0 Å². The second-order valence-electron chi connectivity index (χ2n) is 28.9. The summed E-state index contributed by atoms with van der Waals surface area (Å²) in [7, 11) is 8.10. The predicted octanol–water partition coefficient (Wildman–Crippen LogP) is 3.50. The van der Waals surface area contributed by atoms with Crippen molar-refractivity contribution in [3.63, 3.8) is 0 Å². The van der Waals surface area contributed by atoms with E-state index in [-0.39, 0.29) is 68.1 Å². The van der Waals surface area contributed by atoms with Crippen molar-refractivity contribution < 1.29 is 67.7 Å². The number of amides is 10. The summed E-state index contributed by atoms with van der Waals surface area (Å²) in [5.41, 5.74) is 1.35. The topological polar surface area (TPSA) is 334 Å². The molecule has 1 aromatic carbocycles. The van der Waals surface area contributed by atoms with Crippen molar-refractivity contribution in [2.75, 3.05) is 48.8 Å². The quantitative estimate of drug-likeness (QED) is 0.112. The lowest BCUT2D eigenvalue weighted by molar-refractivity contribution is -0.166. The number of aromatic amines is 1. The van der Waals surface area contributed by atoms with E-state index in [0.29, 0.717) is 16.9 Å². The molecule has 3 rings (SSSR count). The van der Waals surface area contributed by atoms with Gasteiger partial charge in [-0.15, -0.1) is 0 Å². The van der Waals surface area contributed by atoms with Crippen molar-refractivity contribution in [3.8, 4) is 0 Å². The highest BCUT2D eigenvalue weighted by atomic mass is 16.6. The summed E-state index contributed by atoms with van der Waals surface area (Å²) in [6, 6.07) is -5.25. The Hall–Kier alpha value is -7.22. The van der Waals surface area contributed by atoms with Crippen LogP contribution >= 0.6 is 0 Å². The van der Waals surface area contributed by atoms with Gasteiger partial charge in [-0.1, -0.05) is 116 Å². The van der Waals surface area contributed by atoms with Gasteiger partial charge in [0.15, 0.2) is 6.10 Å². The van der Waals surface area contributed by atoms with Gasteiger partial charge < -0.3 is 70.6 Å². The number of rotatable bonds is 17. The molecule has 0 unspecified atom stereocenters. The molecule has 2 heterocycles. The number of carbonyl (C=O) groups is 11. The molecular formula is C68H114N12O14. The molecule has 1 saturated heterocycles. The number of benzene rings is 1. The van der Waals surface area contributed by atoms with Crippen molar-refractivity contribution in [3.05, 3.63) is 30.1 Å². The Balaban J connectivity index is 2.36. The Morgan fingerprint density at radius 1 is 0.500 bits per heavy atom. The van der Waals surface area contributed by atoms with E-state index in [1.165, 1.54) is 70.8 Å². The zero-order valence-electron chi connectivity index (χ0n) is 60.2. The van der Waals surface area contributed by atoms with Gasteiger partial charge in [0.1, 0.15) is 60.2 Å². The highest BCUT2D eigenvalue weighted by molar-refractivity contribution is 5.99.